The van der Waals surface area contributed by atoms with Crippen molar-refractivity contribution in [1.29, 1.82) is 0 Å². The summed E-state index contributed by atoms with van der Waals surface area (Å²) in [5.41, 5.74) is -1.02. The van der Waals surface area contributed by atoms with Gasteiger partial charge < -0.3 is 5.11 Å². The number of terminal acetylenes is 1. The van der Waals surface area contributed by atoms with Crippen molar-refractivity contribution < 1.29 is 5.11 Å². The monoisotopic (exact) mass is 178 g/mol. The summed E-state index contributed by atoms with van der Waals surface area (Å²) in [4.78, 5) is 0. The molecule has 0 heterocycles. The molecule has 2 fully saturated rings. The molecule has 0 saturated heterocycles. The van der Waals surface area contributed by atoms with Crippen LogP contribution in [-0.2, 0) is 0 Å². The molecular formula is C12H18O. The van der Waals surface area contributed by atoms with Gasteiger partial charge in [0.15, 0.2) is 0 Å². The second-order valence-electron chi connectivity index (χ2n) is 5.58. The van der Waals surface area contributed by atoms with Crippen LogP contribution in [0.4, 0.5) is 0 Å². The van der Waals surface area contributed by atoms with E-state index in [-0.39, 0.29) is 10.8 Å². The van der Waals surface area contributed by atoms with E-state index in [0.29, 0.717) is 5.92 Å². The lowest BCUT2D eigenvalue weighted by Crippen LogP contribution is -2.52. The smallest absolute Gasteiger partial charge is 0.135 e. The van der Waals surface area contributed by atoms with E-state index in [1.807, 2.05) is 0 Å². The highest BCUT2D eigenvalue weighted by atomic mass is 16.3. The summed E-state index contributed by atoms with van der Waals surface area (Å²) >= 11 is 0. The molecule has 2 aliphatic rings. The van der Waals surface area contributed by atoms with Crippen LogP contribution in [0.1, 0.15) is 40.0 Å². The number of fused-ring (bicyclic) bond motifs is 2. The highest BCUT2D eigenvalue weighted by molar-refractivity contribution is 5.29. The van der Waals surface area contributed by atoms with Gasteiger partial charge in [0.2, 0.25) is 0 Å². The maximum absolute atomic E-state index is 10.5. The molecule has 1 heteroatoms. The highest BCUT2D eigenvalue weighted by Crippen LogP contribution is 2.67. The molecule has 0 unspecified atom stereocenters. The van der Waals surface area contributed by atoms with Crippen LogP contribution in [0.3, 0.4) is 0 Å². The van der Waals surface area contributed by atoms with Gasteiger partial charge in [-0.3, -0.25) is 0 Å². The summed E-state index contributed by atoms with van der Waals surface area (Å²) in [5.74, 6) is 3.27. The average Bonchev–Trinajstić information content (AvgIpc) is 2.51. The summed E-state index contributed by atoms with van der Waals surface area (Å²) in [6, 6.07) is 0. The average molecular weight is 178 g/mol. The molecule has 0 amide bonds. The Labute approximate surface area is 80.5 Å². The molecule has 3 atom stereocenters. The van der Waals surface area contributed by atoms with Crippen molar-refractivity contribution in [3.8, 4) is 12.3 Å². The van der Waals surface area contributed by atoms with Crippen molar-refractivity contribution in [2.45, 2.75) is 45.6 Å². The summed E-state index contributed by atoms with van der Waals surface area (Å²) < 4.78 is 0. The van der Waals surface area contributed by atoms with E-state index >= 15 is 0 Å². The second-order valence-corrected chi connectivity index (χ2v) is 5.58. The molecule has 1 nitrogen and oxygen atoms in total. The summed E-state index contributed by atoms with van der Waals surface area (Å²) in [7, 11) is 0. The molecule has 2 aliphatic carbocycles. The number of hydrogen-bond donors (Lipinski definition) is 1. The summed E-state index contributed by atoms with van der Waals surface area (Å²) in [6.45, 7) is 6.37. The van der Waals surface area contributed by atoms with Crippen molar-refractivity contribution in [2.24, 2.45) is 16.7 Å². The van der Waals surface area contributed by atoms with Gasteiger partial charge >= 0.3 is 0 Å². The lowest BCUT2D eigenvalue weighted by Gasteiger charge is -2.47. The third-order valence-corrected chi connectivity index (χ3v) is 4.78. The van der Waals surface area contributed by atoms with Crippen LogP contribution in [0.15, 0.2) is 0 Å². The molecular weight excluding hydrogens is 160 g/mol. The van der Waals surface area contributed by atoms with E-state index in [0.717, 1.165) is 12.8 Å². The van der Waals surface area contributed by atoms with Crippen molar-refractivity contribution in [2.75, 3.05) is 0 Å². The van der Waals surface area contributed by atoms with Crippen LogP contribution >= 0.6 is 0 Å². The Bertz CT molecular complexity index is 279. The Morgan fingerprint density at radius 2 is 2.00 bits per heavy atom. The molecule has 2 bridgehead atoms. The van der Waals surface area contributed by atoms with E-state index in [2.05, 4.69) is 26.7 Å². The fraction of sp³-hybridized carbons (Fsp3) is 0.833. The van der Waals surface area contributed by atoms with Gasteiger partial charge in [-0.15, -0.1) is 6.42 Å². The molecule has 0 aromatic carbocycles. The molecule has 72 valence electrons. The molecule has 1 N–H and O–H groups in total. The van der Waals surface area contributed by atoms with Gasteiger partial charge in [0.05, 0.1) is 0 Å². The topological polar surface area (TPSA) is 20.2 Å². The fourth-order valence-corrected chi connectivity index (χ4v) is 3.62. The van der Waals surface area contributed by atoms with Crippen molar-refractivity contribution >= 4 is 0 Å². The quantitative estimate of drug-likeness (QED) is 0.564. The van der Waals surface area contributed by atoms with Crippen LogP contribution in [0, 0.1) is 29.1 Å². The first kappa shape index (κ1) is 9.09. The molecule has 0 spiro atoms. The minimum absolute atomic E-state index is 0.0318. The zero-order valence-electron chi connectivity index (χ0n) is 8.72. The first-order chi connectivity index (χ1) is 5.87. The maximum Gasteiger partial charge on any atom is 0.135 e. The van der Waals surface area contributed by atoms with E-state index in [1.165, 1.54) is 6.42 Å². The normalized spacial score (nSPS) is 52.1. The van der Waals surface area contributed by atoms with Gasteiger partial charge in [0.25, 0.3) is 0 Å². The number of aliphatic hydroxyl groups is 1. The fourth-order valence-electron chi connectivity index (χ4n) is 3.62. The Morgan fingerprint density at radius 1 is 1.38 bits per heavy atom. The minimum atomic E-state index is -0.886. The van der Waals surface area contributed by atoms with Crippen molar-refractivity contribution in [3.63, 3.8) is 0 Å². The van der Waals surface area contributed by atoms with Crippen LogP contribution in [0.2, 0.25) is 0 Å². The van der Waals surface area contributed by atoms with E-state index in [9.17, 15) is 5.11 Å². The predicted molar refractivity (Wildman–Crippen MR) is 53.0 cm³/mol. The third-order valence-electron chi connectivity index (χ3n) is 4.78. The van der Waals surface area contributed by atoms with Crippen LogP contribution in [0.25, 0.3) is 0 Å². The molecule has 0 radical (unpaired) electrons. The molecule has 0 aliphatic heterocycles. The van der Waals surface area contributed by atoms with Gasteiger partial charge in [0.1, 0.15) is 5.60 Å². The van der Waals surface area contributed by atoms with Gasteiger partial charge in [-0.05, 0) is 25.2 Å². The van der Waals surface area contributed by atoms with E-state index in [4.69, 9.17) is 6.42 Å². The zero-order valence-corrected chi connectivity index (χ0v) is 8.72. The van der Waals surface area contributed by atoms with E-state index in [1.54, 1.807) is 0 Å². The standard InChI is InChI=1S/C12H18O/c1-5-12(13)10(2,3)9-6-7-11(12,4)8-9/h1,9,13H,6-8H2,2-4H3/t9-,11+,12+/m1/s1. The van der Waals surface area contributed by atoms with Crippen LogP contribution < -0.4 is 0 Å². The molecule has 2 rings (SSSR count). The predicted octanol–water partition coefficient (Wildman–Crippen LogP) is 2.20. The lowest BCUT2D eigenvalue weighted by atomic mass is 9.61. The molecule has 2 saturated carbocycles. The maximum atomic E-state index is 10.5. The molecule has 13 heavy (non-hydrogen) atoms. The summed E-state index contributed by atoms with van der Waals surface area (Å²) in [5, 5.41) is 10.5. The van der Waals surface area contributed by atoms with E-state index < -0.39 is 5.60 Å². The second kappa shape index (κ2) is 2.12. The molecule has 0 aromatic heterocycles. The minimum Gasteiger partial charge on any atom is -0.376 e. The number of rotatable bonds is 0. The Hall–Kier alpha value is -0.480. The molecule has 0 aromatic rings. The zero-order chi connectivity index (χ0) is 9.91. The van der Waals surface area contributed by atoms with Crippen molar-refractivity contribution in [3.05, 3.63) is 0 Å². The Morgan fingerprint density at radius 3 is 2.31 bits per heavy atom. The SMILES string of the molecule is C#C[C@]1(O)C(C)(C)[C@@H]2CC[C@@]1(C)C2. The van der Waals surface area contributed by atoms with Gasteiger partial charge in [-0.25, -0.2) is 0 Å². The largest absolute Gasteiger partial charge is 0.376 e. The first-order valence-corrected chi connectivity index (χ1v) is 5.07. The number of hydrogen-bond acceptors (Lipinski definition) is 1. The van der Waals surface area contributed by atoms with Crippen LogP contribution in [0.5, 0.6) is 0 Å². The Balaban J connectivity index is 2.53. The van der Waals surface area contributed by atoms with Gasteiger partial charge in [-0.1, -0.05) is 26.7 Å². The first-order valence-electron chi connectivity index (χ1n) is 5.07. The van der Waals surface area contributed by atoms with Crippen LogP contribution in [-0.4, -0.2) is 10.7 Å². The Kier molecular flexibility index (Phi) is 1.48. The summed E-state index contributed by atoms with van der Waals surface area (Å²) in [6.07, 6.45) is 8.93. The van der Waals surface area contributed by atoms with Gasteiger partial charge in [0, 0.05) is 10.8 Å². The van der Waals surface area contributed by atoms with Gasteiger partial charge in [-0.2, -0.15) is 0 Å². The lowest BCUT2D eigenvalue weighted by molar-refractivity contribution is -0.0952. The highest BCUT2D eigenvalue weighted by Gasteiger charge is 2.67. The third kappa shape index (κ3) is 0.742. The van der Waals surface area contributed by atoms with Crippen molar-refractivity contribution in [1.82, 2.24) is 0 Å².